The Morgan fingerprint density at radius 3 is 2.45 bits per heavy atom. The van der Waals surface area contributed by atoms with E-state index in [1.807, 2.05) is 13.8 Å². The number of benzene rings is 2. The summed E-state index contributed by atoms with van der Waals surface area (Å²) in [6.07, 6.45) is 0.450. The molecule has 0 saturated heterocycles. The molecule has 106 valence electrons. The average molecular weight is 293 g/mol. The van der Waals surface area contributed by atoms with Gasteiger partial charge in [0.25, 0.3) is 0 Å². The lowest BCUT2D eigenvalue weighted by molar-refractivity contribution is 0.529. The van der Waals surface area contributed by atoms with Crippen molar-refractivity contribution in [2.45, 2.75) is 26.3 Å². The van der Waals surface area contributed by atoms with Gasteiger partial charge in [-0.15, -0.1) is 0 Å². The quantitative estimate of drug-likeness (QED) is 0.664. The topological polar surface area (TPSA) is 38.0 Å². The molecule has 0 bridgehead atoms. The van der Waals surface area contributed by atoms with Gasteiger partial charge in [-0.3, -0.25) is 11.3 Å². The maximum Gasteiger partial charge on any atom is 0.145 e. The van der Waals surface area contributed by atoms with Gasteiger partial charge >= 0.3 is 0 Å². The molecule has 1 unspecified atom stereocenters. The summed E-state index contributed by atoms with van der Waals surface area (Å²) in [6, 6.07) is 11.1. The summed E-state index contributed by atoms with van der Waals surface area (Å²) in [7, 11) is 0. The Labute approximate surface area is 123 Å². The number of nitrogens with one attached hydrogen (secondary N) is 1. The molecule has 2 aromatic rings. The molecule has 20 heavy (non-hydrogen) atoms. The maximum atomic E-state index is 14.0. The lowest BCUT2D eigenvalue weighted by Crippen LogP contribution is -2.30. The molecule has 2 nitrogen and oxygen atoms in total. The van der Waals surface area contributed by atoms with E-state index in [-0.39, 0.29) is 16.9 Å². The van der Waals surface area contributed by atoms with E-state index in [1.165, 1.54) is 0 Å². The Morgan fingerprint density at radius 1 is 1.20 bits per heavy atom. The van der Waals surface area contributed by atoms with Crippen molar-refractivity contribution in [2.75, 3.05) is 0 Å². The first-order valence-electron chi connectivity index (χ1n) is 6.48. The number of hydrogen-bond acceptors (Lipinski definition) is 2. The molecule has 0 aliphatic rings. The van der Waals surface area contributed by atoms with E-state index >= 15 is 0 Å². The largest absolute Gasteiger partial charge is 0.271 e. The molecule has 4 heteroatoms. The number of hydrazine groups is 1. The second kappa shape index (κ2) is 6.35. The molecular formula is C16H18ClFN2. The van der Waals surface area contributed by atoms with Crippen molar-refractivity contribution < 1.29 is 4.39 Å². The van der Waals surface area contributed by atoms with Crippen LogP contribution in [0.15, 0.2) is 36.4 Å². The van der Waals surface area contributed by atoms with Gasteiger partial charge in [0.2, 0.25) is 0 Å². The third kappa shape index (κ3) is 3.37. The van der Waals surface area contributed by atoms with Crippen LogP contribution in [0.5, 0.6) is 0 Å². The Morgan fingerprint density at radius 2 is 1.85 bits per heavy atom. The fraction of sp³-hybridized carbons (Fsp3) is 0.250. The fourth-order valence-electron chi connectivity index (χ4n) is 2.41. The minimum atomic E-state index is -0.376. The predicted octanol–water partition coefficient (Wildman–Crippen LogP) is 3.84. The van der Waals surface area contributed by atoms with Gasteiger partial charge in [0, 0.05) is 0 Å². The van der Waals surface area contributed by atoms with Crippen LogP contribution in [0.4, 0.5) is 4.39 Å². The van der Waals surface area contributed by atoms with Gasteiger partial charge in [-0.1, -0.05) is 53.1 Å². The molecule has 2 aromatic carbocycles. The van der Waals surface area contributed by atoms with Crippen LogP contribution in [-0.4, -0.2) is 0 Å². The van der Waals surface area contributed by atoms with Crippen molar-refractivity contribution in [2.24, 2.45) is 5.84 Å². The second-order valence-electron chi connectivity index (χ2n) is 5.06. The first-order valence-corrected chi connectivity index (χ1v) is 6.86. The molecular weight excluding hydrogens is 275 g/mol. The molecule has 2 rings (SSSR count). The molecule has 1 atom stereocenters. The van der Waals surface area contributed by atoms with Crippen LogP contribution in [0.2, 0.25) is 5.02 Å². The van der Waals surface area contributed by atoms with E-state index in [0.29, 0.717) is 12.0 Å². The molecule has 0 spiro atoms. The summed E-state index contributed by atoms with van der Waals surface area (Å²) in [5.74, 6) is 5.26. The van der Waals surface area contributed by atoms with Gasteiger partial charge in [0.1, 0.15) is 5.82 Å². The average Bonchev–Trinajstić information content (AvgIpc) is 2.39. The van der Waals surface area contributed by atoms with Crippen LogP contribution >= 0.6 is 11.6 Å². The molecule has 0 fully saturated rings. The molecule has 0 saturated carbocycles. The lowest BCUT2D eigenvalue weighted by Gasteiger charge is -2.18. The first kappa shape index (κ1) is 15.0. The zero-order chi connectivity index (χ0) is 14.7. The highest BCUT2D eigenvalue weighted by Crippen LogP contribution is 2.24. The molecule has 0 heterocycles. The summed E-state index contributed by atoms with van der Waals surface area (Å²) < 4.78 is 14.0. The van der Waals surface area contributed by atoms with E-state index in [0.717, 1.165) is 16.7 Å². The first-order chi connectivity index (χ1) is 9.51. The standard InChI is InChI=1S/C16H18ClFN2/c1-10-6-11(2)8-13(7-10)15(20-19)9-12-4-3-5-14(17)16(12)18/h3-8,15,20H,9,19H2,1-2H3. The summed E-state index contributed by atoms with van der Waals surface area (Å²) in [5, 5.41) is 0.138. The van der Waals surface area contributed by atoms with E-state index in [2.05, 4.69) is 23.6 Å². The lowest BCUT2D eigenvalue weighted by atomic mass is 9.96. The normalized spacial score (nSPS) is 12.4. The fourth-order valence-corrected chi connectivity index (χ4v) is 2.60. The number of halogens is 2. The zero-order valence-corrected chi connectivity index (χ0v) is 12.3. The van der Waals surface area contributed by atoms with E-state index in [1.54, 1.807) is 18.2 Å². The maximum absolute atomic E-state index is 14.0. The minimum absolute atomic E-state index is 0.138. The molecule has 0 aliphatic heterocycles. The van der Waals surface area contributed by atoms with Crippen molar-refractivity contribution in [1.29, 1.82) is 0 Å². The van der Waals surface area contributed by atoms with Crippen molar-refractivity contribution in [1.82, 2.24) is 5.43 Å². The van der Waals surface area contributed by atoms with Gasteiger partial charge in [-0.25, -0.2) is 4.39 Å². The van der Waals surface area contributed by atoms with Crippen LogP contribution in [0.1, 0.15) is 28.3 Å². The van der Waals surface area contributed by atoms with Crippen molar-refractivity contribution >= 4 is 11.6 Å². The summed E-state index contributed by atoms with van der Waals surface area (Å²) >= 11 is 5.81. The third-order valence-electron chi connectivity index (χ3n) is 3.30. The zero-order valence-electron chi connectivity index (χ0n) is 11.6. The van der Waals surface area contributed by atoms with Crippen LogP contribution in [0.25, 0.3) is 0 Å². The second-order valence-corrected chi connectivity index (χ2v) is 5.46. The van der Waals surface area contributed by atoms with Crippen LogP contribution in [0, 0.1) is 19.7 Å². The van der Waals surface area contributed by atoms with Gasteiger partial charge in [0.05, 0.1) is 11.1 Å². The van der Waals surface area contributed by atoms with Gasteiger partial charge in [-0.05, 0) is 37.5 Å². The molecule has 0 aliphatic carbocycles. The highest BCUT2D eigenvalue weighted by atomic mass is 35.5. The highest BCUT2D eigenvalue weighted by molar-refractivity contribution is 6.30. The Bertz CT molecular complexity index is 593. The number of aryl methyl sites for hydroxylation is 2. The SMILES string of the molecule is Cc1cc(C)cc(C(Cc2cccc(Cl)c2F)NN)c1. The molecule has 0 radical (unpaired) electrons. The number of rotatable bonds is 4. The monoisotopic (exact) mass is 292 g/mol. The van der Waals surface area contributed by atoms with E-state index in [9.17, 15) is 4.39 Å². The molecule has 0 amide bonds. The molecule has 0 aromatic heterocycles. The summed E-state index contributed by atoms with van der Waals surface area (Å²) in [5.41, 5.74) is 6.68. The van der Waals surface area contributed by atoms with Crippen LogP contribution in [0.3, 0.4) is 0 Å². The number of nitrogens with two attached hydrogens (primary N) is 1. The van der Waals surface area contributed by atoms with Crippen LogP contribution in [-0.2, 0) is 6.42 Å². The van der Waals surface area contributed by atoms with Crippen LogP contribution < -0.4 is 11.3 Å². The van der Waals surface area contributed by atoms with Gasteiger partial charge in [0.15, 0.2) is 0 Å². The van der Waals surface area contributed by atoms with Gasteiger partial charge < -0.3 is 0 Å². The summed E-state index contributed by atoms with van der Waals surface area (Å²) in [4.78, 5) is 0. The predicted molar refractivity (Wildman–Crippen MR) is 81.1 cm³/mol. The van der Waals surface area contributed by atoms with Crippen molar-refractivity contribution in [3.8, 4) is 0 Å². The Kier molecular flexibility index (Phi) is 4.76. The van der Waals surface area contributed by atoms with Crippen molar-refractivity contribution in [3.05, 3.63) is 69.5 Å². The Balaban J connectivity index is 2.31. The van der Waals surface area contributed by atoms with E-state index < -0.39 is 0 Å². The Hall–Kier alpha value is -1.42. The third-order valence-corrected chi connectivity index (χ3v) is 3.60. The molecule has 3 N–H and O–H groups in total. The summed E-state index contributed by atoms with van der Waals surface area (Å²) in [6.45, 7) is 4.06. The van der Waals surface area contributed by atoms with Crippen molar-refractivity contribution in [3.63, 3.8) is 0 Å². The smallest absolute Gasteiger partial charge is 0.145 e. The highest BCUT2D eigenvalue weighted by Gasteiger charge is 2.15. The minimum Gasteiger partial charge on any atom is -0.271 e. The van der Waals surface area contributed by atoms with Gasteiger partial charge in [-0.2, -0.15) is 0 Å². The van der Waals surface area contributed by atoms with E-state index in [4.69, 9.17) is 17.4 Å². The number of hydrogen-bond donors (Lipinski definition) is 2.